The number of aromatic amines is 1. The third-order valence-electron chi connectivity index (χ3n) is 5.33. The lowest BCUT2D eigenvalue weighted by atomic mass is 9.97. The summed E-state index contributed by atoms with van der Waals surface area (Å²) < 4.78 is 2.19. The second kappa shape index (κ2) is 7.51. The average Bonchev–Trinajstić information content (AvgIpc) is 3.44. The Morgan fingerprint density at radius 2 is 1.87 bits per heavy atom. The van der Waals surface area contributed by atoms with E-state index in [0.717, 1.165) is 51.2 Å². The lowest BCUT2D eigenvalue weighted by Crippen LogP contribution is -2.05. The maximum atomic E-state index is 4.83. The Morgan fingerprint density at radius 3 is 2.63 bits per heavy atom. The molecule has 2 aromatic carbocycles. The first-order valence-electron chi connectivity index (χ1n) is 9.97. The molecule has 7 heteroatoms. The molecule has 0 unspecified atom stereocenters. The number of pyridine rings is 1. The van der Waals surface area contributed by atoms with E-state index in [1.54, 1.807) is 0 Å². The quantitative estimate of drug-likeness (QED) is 0.482. The highest BCUT2D eigenvalue weighted by molar-refractivity contribution is 5.81. The molecule has 0 atom stereocenters. The molecule has 3 heterocycles. The molecule has 0 radical (unpaired) electrons. The van der Waals surface area contributed by atoms with Gasteiger partial charge in [-0.2, -0.15) is 5.21 Å². The summed E-state index contributed by atoms with van der Waals surface area (Å²) in [4.78, 5) is 9.43. The van der Waals surface area contributed by atoms with Gasteiger partial charge >= 0.3 is 0 Å². The Labute approximate surface area is 173 Å². The van der Waals surface area contributed by atoms with Crippen LogP contribution in [0.4, 0.5) is 0 Å². The summed E-state index contributed by atoms with van der Waals surface area (Å²) in [6, 6.07) is 18.7. The molecule has 148 valence electrons. The van der Waals surface area contributed by atoms with Crippen molar-refractivity contribution in [3.63, 3.8) is 0 Å². The van der Waals surface area contributed by atoms with Crippen LogP contribution < -0.4 is 0 Å². The van der Waals surface area contributed by atoms with Crippen LogP contribution in [0.15, 0.2) is 60.8 Å². The van der Waals surface area contributed by atoms with Crippen molar-refractivity contribution in [3.05, 3.63) is 77.7 Å². The normalized spacial score (nSPS) is 11.3. The van der Waals surface area contributed by atoms with E-state index in [4.69, 9.17) is 4.98 Å². The van der Waals surface area contributed by atoms with Crippen LogP contribution in [-0.2, 0) is 13.0 Å². The van der Waals surface area contributed by atoms with Crippen molar-refractivity contribution in [1.82, 2.24) is 35.2 Å². The molecule has 1 N–H and O–H groups in total. The molecule has 5 rings (SSSR count). The molecule has 5 aromatic rings. The van der Waals surface area contributed by atoms with Crippen LogP contribution in [-0.4, -0.2) is 35.2 Å². The largest absolute Gasteiger partial charge is 0.308 e. The average molecular weight is 395 g/mol. The van der Waals surface area contributed by atoms with Crippen molar-refractivity contribution in [2.24, 2.45) is 0 Å². The number of fused-ring (bicyclic) bond motifs is 1. The summed E-state index contributed by atoms with van der Waals surface area (Å²) in [5.74, 6) is 1.61. The number of hydrogen-bond acceptors (Lipinski definition) is 5. The van der Waals surface area contributed by atoms with Crippen molar-refractivity contribution in [3.8, 4) is 22.5 Å². The number of benzene rings is 2. The lowest BCUT2D eigenvalue weighted by molar-refractivity contribution is 0.746. The lowest BCUT2D eigenvalue weighted by Gasteiger charge is -2.12. The molecule has 30 heavy (non-hydrogen) atoms. The van der Waals surface area contributed by atoms with Crippen LogP contribution in [0.2, 0.25) is 0 Å². The molecule has 3 aromatic heterocycles. The number of imidazole rings is 1. The maximum absolute atomic E-state index is 4.83. The van der Waals surface area contributed by atoms with E-state index in [9.17, 15) is 0 Å². The van der Waals surface area contributed by atoms with Crippen LogP contribution in [0.5, 0.6) is 0 Å². The maximum Gasteiger partial charge on any atom is 0.205 e. The summed E-state index contributed by atoms with van der Waals surface area (Å²) in [5, 5.41) is 14.8. The molecule has 0 saturated heterocycles. The Bertz CT molecular complexity index is 1300. The molecule has 0 saturated carbocycles. The zero-order chi connectivity index (χ0) is 20.5. The number of rotatable bonds is 5. The number of nitrogens with one attached hydrogen (secondary N) is 1. The summed E-state index contributed by atoms with van der Waals surface area (Å²) in [7, 11) is 0. The monoisotopic (exact) mass is 395 g/mol. The Hall–Kier alpha value is -3.87. The van der Waals surface area contributed by atoms with Crippen molar-refractivity contribution in [2.75, 3.05) is 0 Å². The molecular formula is C23H21N7. The zero-order valence-electron chi connectivity index (χ0n) is 16.9. The fourth-order valence-corrected chi connectivity index (χ4v) is 3.82. The Morgan fingerprint density at radius 1 is 1.00 bits per heavy atom. The summed E-state index contributed by atoms with van der Waals surface area (Å²) >= 11 is 0. The fraction of sp³-hybridized carbons (Fsp3) is 0.174. The zero-order valence-corrected chi connectivity index (χ0v) is 16.9. The highest BCUT2D eigenvalue weighted by Crippen LogP contribution is 2.31. The number of tetrazole rings is 1. The number of H-pyrrole nitrogens is 1. The van der Waals surface area contributed by atoms with Gasteiger partial charge in [0.15, 0.2) is 5.65 Å². The van der Waals surface area contributed by atoms with E-state index in [2.05, 4.69) is 74.4 Å². The highest BCUT2D eigenvalue weighted by Gasteiger charge is 2.16. The Balaban J connectivity index is 1.63. The topological polar surface area (TPSA) is 85.2 Å². The van der Waals surface area contributed by atoms with Gasteiger partial charge in [0.05, 0.1) is 6.54 Å². The van der Waals surface area contributed by atoms with Crippen LogP contribution in [0.25, 0.3) is 33.7 Å². The van der Waals surface area contributed by atoms with Crippen LogP contribution >= 0.6 is 0 Å². The van der Waals surface area contributed by atoms with Gasteiger partial charge in [0, 0.05) is 18.2 Å². The van der Waals surface area contributed by atoms with Crippen molar-refractivity contribution >= 4 is 11.2 Å². The van der Waals surface area contributed by atoms with E-state index < -0.39 is 0 Å². The second-order valence-electron chi connectivity index (χ2n) is 7.25. The van der Waals surface area contributed by atoms with Gasteiger partial charge < -0.3 is 4.57 Å². The fourth-order valence-electron chi connectivity index (χ4n) is 3.82. The van der Waals surface area contributed by atoms with Crippen LogP contribution in [0.3, 0.4) is 0 Å². The number of aromatic nitrogens is 7. The molecule has 0 spiro atoms. The van der Waals surface area contributed by atoms with E-state index in [-0.39, 0.29) is 0 Å². The van der Waals surface area contributed by atoms with Gasteiger partial charge in [-0.15, -0.1) is 10.2 Å². The van der Waals surface area contributed by atoms with Gasteiger partial charge in [0.25, 0.3) is 0 Å². The first-order valence-corrected chi connectivity index (χ1v) is 9.97. The SMILES string of the molecule is CCc1nc2c(C)ccnc2n1Cc1ccc(-c2ccccc2)c(-c2nn[nH]n2)c1. The summed E-state index contributed by atoms with van der Waals surface area (Å²) in [6.45, 7) is 4.87. The predicted molar refractivity (Wildman–Crippen MR) is 116 cm³/mol. The molecule has 0 aliphatic heterocycles. The van der Waals surface area contributed by atoms with Crippen molar-refractivity contribution in [1.29, 1.82) is 0 Å². The van der Waals surface area contributed by atoms with Gasteiger partial charge in [-0.25, -0.2) is 9.97 Å². The minimum absolute atomic E-state index is 0.580. The molecule has 0 fully saturated rings. The first kappa shape index (κ1) is 18.2. The van der Waals surface area contributed by atoms with E-state index in [1.807, 2.05) is 30.5 Å². The predicted octanol–water partition coefficient (Wildman–Crippen LogP) is 4.20. The smallest absolute Gasteiger partial charge is 0.205 e. The van der Waals surface area contributed by atoms with E-state index in [1.165, 1.54) is 0 Å². The first-order chi connectivity index (χ1) is 14.7. The molecule has 0 bridgehead atoms. The molecule has 0 amide bonds. The third kappa shape index (κ3) is 3.14. The third-order valence-corrected chi connectivity index (χ3v) is 5.33. The second-order valence-corrected chi connectivity index (χ2v) is 7.25. The minimum Gasteiger partial charge on any atom is -0.308 e. The van der Waals surface area contributed by atoms with Gasteiger partial charge in [-0.05, 0) is 46.5 Å². The van der Waals surface area contributed by atoms with E-state index >= 15 is 0 Å². The molecule has 0 aliphatic rings. The summed E-state index contributed by atoms with van der Waals surface area (Å²) in [6.07, 6.45) is 2.69. The molecule has 7 nitrogen and oxygen atoms in total. The summed E-state index contributed by atoms with van der Waals surface area (Å²) in [5.41, 5.74) is 7.28. The number of hydrogen-bond donors (Lipinski definition) is 1. The van der Waals surface area contributed by atoms with Crippen molar-refractivity contribution in [2.45, 2.75) is 26.8 Å². The van der Waals surface area contributed by atoms with Crippen LogP contribution in [0.1, 0.15) is 23.9 Å². The van der Waals surface area contributed by atoms with Gasteiger partial charge in [0.2, 0.25) is 5.82 Å². The highest BCUT2D eigenvalue weighted by atomic mass is 15.5. The van der Waals surface area contributed by atoms with Crippen LogP contribution in [0, 0.1) is 6.92 Å². The van der Waals surface area contributed by atoms with Gasteiger partial charge in [0.1, 0.15) is 11.3 Å². The standard InChI is InChI=1S/C23H21N7/c1-3-20-25-21-15(2)11-12-24-23(21)30(20)14-16-9-10-18(17-7-5-4-6-8-17)19(13-16)22-26-28-29-27-22/h4-13H,3,14H2,1-2H3,(H,26,27,28,29). The number of nitrogens with zero attached hydrogens (tertiary/aromatic N) is 6. The minimum atomic E-state index is 0.580. The van der Waals surface area contributed by atoms with Gasteiger partial charge in [-0.1, -0.05) is 49.4 Å². The van der Waals surface area contributed by atoms with E-state index in [0.29, 0.717) is 12.4 Å². The molecule has 0 aliphatic carbocycles. The molecular weight excluding hydrogens is 374 g/mol. The van der Waals surface area contributed by atoms with Gasteiger partial charge in [-0.3, -0.25) is 0 Å². The number of aryl methyl sites for hydroxylation is 2. The van der Waals surface area contributed by atoms with Crippen molar-refractivity contribution < 1.29 is 0 Å². The Kier molecular flexibility index (Phi) is 4.55.